The van der Waals surface area contributed by atoms with Crippen molar-refractivity contribution < 1.29 is 29.0 Å². The van der Waals surface area contributed by atoms with Crippen molar-refractivity contribution in [3.05, 3.63) is 42.0 Å². The third kappa shape index (κ3) is 5.31. The van der Waals surface area contributed by atoms with Crippen LogP contribution in [-0.2, 0) is 14.4 Å². The van der Waals surface area contributed by atoms with Crippen LogP contribution in [0, 0.1) is 24.7 Å². The summed E-state index contributed by atoms with van der Waals surface area (Å²) in [7, 11) is 1.77. The maximum Gasteiger partial charge on any atom is 0.330 e. The summed E-state index contributed by atoms with van der Waals surface area (Å²) >= 11 is 0. The van der Waals surface area contributed by atoms with Gasteiger partial charge < -0.3 is 24.8 Å². The molecule has 1 aromatic carbocycles. The first-order valence-electron chi connectivity index (χ1n) is 13.9. The van der Waals surface area contributed by atoms with Crippen LogP contribution in [0.1, 0.15) is 51.0 Å². The van der Waals surface area contributed by atoms with Crippen LogP contribution in [0.2, 0.25) is 0 Å². The fraction of sp³-hybridized carbons (Fsp3) is 0.533. The van der Waals surface area contributed by atoms with E-state index in [2.05, 4.69) is 10.3 Å². The van der Waals surface area contributed by atoms with Crippen LogP contribution < -0.4 is 14.8 Å². The molecule has 2 fully saturated rings. The van der Waals surface area contributed by atoms with Gasteiger partial charge in [0.05, 0.1) is 24.0 Å². The number of fused-ring (bicyclic) bond motifs is 3. The van der Waals surface area contributed by atoms with Gasteiger partial charge in [-0.15, -0.1) is 0 Å². The van der Waals surface area contributed by atoms with E-state index in [1.807, 2.05) is 44.2 Å². The molecule has 3 aliphatic rings. The summed E-state index contributed by atoms with van der Waals surface area (Å²) in [6.45, 7) is 4.94. The molecule has 5 rings (SSSR count). The molecule has 5 atom stereocenters. The van der Waals surface area contributed by atoms with Gasteiger partial charge in [0.15, 0.2) is 0 Å². The van der Waals surface area contributed by atoms with Crippen LogP contribution in [0.3, 0.4) is 0 Å². The predicted octanol–water partition coefficient (Wildman–Crippen LogP) is 3.87. The van der Waals surface area contributed by atoms with Crippen molar-refractivity contribution in [2.75, 3.05) is 20.2 Å². The first-order chi connectivity index (χ1) is 18.7. The van der Waals surface area contributed by atoms with E-state index in [9.17, 15) is 19.5 Å². The number of pyridine rings is 1. The van der Waals surface area contributed by atoms with Crippen molar-refractivity contribution in [1.29, 1.82) is 0 Å². The summed E-state index contributed by atoms with van der Waals surface area (Å²) in [4.78, 5) is 45.7. The zero-order valence-electron chi connectivity index (χ0n) is 22.8. The third-order valence-electron chi connectivity index (χ3n) is 8.34. The zero-order chi connectivity index (χ0) is 27.7. The molecule has 0 spiro atoms. The summed E-state index contributed by atoms with van der Waals surface area (Å²) in [6.07, 6.45) is 7.10. The number of aliphatic carboxylic acids is 1. The van der Waals surface area contributed by atoms with Crippen molar-refractivity contribution in [3.63, 3.8) is 0 Å². The minimum atomic E-state index is -1.30. The lowest BCUT2D eigenvalue weighted by Crippen LogP contribution is -2.49. The number of carbonyl (C=O) groups excluding carboxylic acids is 2. The molecule has 208 valence electrons. The number of hydrogen-bond acceptors (Lipinski definition) is 6. The van der Waals surface area contributed by atoms with Gasteiger partial charge in [0.1, 0.15) is 17.4 Å². The molecule has 0 bridgehead atoms. The molecule has 1 aromatic heterocycles. The second-order valence-corrected chi connectivity index (χ2v) is 11.0. The summed E-state index contributed by atoms with van der Waals surface area (Å²) in [5.74, 6) is -2.00. The molecule has 2 heterocycles. The Balaban J connectivity index is 1.44. The molecule has 2 N–H and O–H groups in total. The molecule has 0 unspecified atom stereocenters. The topological polar surface area (TPSA) is 118 Å². The minimum absolute atomic E-state index is 0.101. The maximum absolute atomic E-state index is 13.6. The van der Waals surface area contributed by atoms with E-state index >= 15 is 0 Å². The maximum atomic E-state index is 13.6. The number of aromatic nitrogens is 1. The number of aryl methyl sites for hydroxylation is 1. The van der Waals surface area contributed by atoms with Gasteiger partial charge in [-0.05, 0) is 64.0 Å². The van der Waals surface area contributed by atoms with Crippen molar-refractivity contribution in [2.24, 2.45) is 17.8 Å². The van der Waals surface area contributed by atoms with Crippen molar-refractivity contribution in [2.45, 2.75) is 64.0 Å². The standard InChI is InChI=1S/C30H37N3O6/c1-4-38-25-16-24(21-12-9-10-18(2)26(21)31-25)39-20-14-22-23(15-20)28(35)33(3)13-8-6-5-7-11-19-17-30(19,29(36)37)32-27(22)34/h7,9-12,16,19-20,22-23H,4-6,8,13-15,17H2,1-3H3,(H,32,34)(H,36,37)/b11-7-/t19-,20-,22-,23-,30-/m1/s1. The number of carboxylic acids is 1. The van der Waals surface area contributed by atoms with Crippen LogP contribution >= 0.6 is 0 Å². The SMILES string of the molecule is CCOc1cc(O[C@@H]2C[C@H]3C(=O)N[C@]4(C(=O)O)C[C@H]4/C=C\CCCCN(C)C(=O)[C@@H]3C2)c2cccc(C)c2n1. The van der Waals surface area contributed by atoms with Gasteiger partial charge in [-0.1, -0.05) is 24.3 Å². The van der Waals surface area contributed by atoms with E-state index in [0.29, 0.717) is 44.0 Å². The van der Waals surface area contributed by atoms with E-state index in [1.165, 1.54) is 0 Å². The lowest BCUT2D eigenvalue weighted by Gasteiger charge is -2.26. The molecule has 9 nitrogen and oxygen atoms in total. The Labute approximate surface area is 228 Å². The molecule has 39 heavy (non-hydrogen) atoms. The van der Waals surface area contributed by atoms with Gasteiger partial charge in [0.25, 0.3) is 0 Å². The largest absolute Gasteiger partial charge is 0.489 e. The fourth-order valence-electron chi connectivity index (χ4n) is 6.03. The van der Waals surface area contributed by atoms with Gasteiger partial charge in [0, 0.05) is 31.0 Å². The summed E-state index contributed by atoms with van der Waals surface area (Å²) in [5.41, 5.74) is 0.461. The average Bonchev–Trinajstić information content (AvgIpc) is 3.44. The molecule has 9 heteroatoms. The van der Waals surface area contributed by atoms with Gasteiger partial charge in [0.2, 0.25) is 17.7 Å². The quantitative estimate of drug-likeness (QED) is 0.558. The Kier molecular flexibility index (Phi) is 7.51. The predicted molar refractivity (Wildman–Crippen MR) is 146 cm³/mol. The summed E-state index contributed by atoms with van der Waals surface area (Å²) in [6, 6.07) is 7.62. The van der Waals surface area contributed by atoms with Crippen LogP contribution in [0.25, 0.3) is 10.9 Å². The third-order valence-corrected chi connectivity index (χ3v) is 8.34. The van der Waals surface area contributed by atoms with E-state index < -0.39 is 35.4 Å². The monoisotopic (exact) mass is 535 g/mol. The molecule has 1 aliphatic heterocycles. The van der Waals surface area contributed by atoms with E-state index in [4.69, 9.17) is 9.47 Å². The van der Waals surface area contributed by atoms with Crippen molar-refractivity contribution in [3.8, 4) is 11.6 Å². The summed E-state index contributed by atoms with van der Waals surface area (Å²) in [5, 5.41) is 13.6. The number of benzene rings is 1. The lowest BCUT2D eigenvalue weighted by atomic mass is 9.93. The highest BCUT2D eigenvalue weighted by molar-refractivity contribution is 5.94. The van der Waals surface area contributed by atoms with Crippen LogP contribution in [0.15, 0.2) is 36.4 Å². The van der Waals surface area contributed by atoms with Crippen LogP contribution in [0.4, 0.5) is 0 Å². The molecule has 2 amide bonds. The number of carboxylic acid groups (broad SMARTS) is 1. The Morgan fingerprint density at radius 1 is 1.23 bits per heavy atom. The van der Waals surface area contributed by atoms with Gasteiger partial charge in [-0.3, -0.25) is 9.59 Å². The normalized spacial score (nSPS) is 30.1. The number of allylic oxidation sites excluding steroid dienone is 1. The molecule has 2 aromatic rings. The number of ether oxygens (including phenoxy) is 2. The Morgan fingerprint density at radius 3 is 2.79 bits per heavy atom. The molecule has 2 aliphatic carbocycles. The number of carbonyl (C=O) groups is 3. The van der Waals surface area contributed by atoms with E-state index in [-0.39, 0.29) is 11.8 Å². The Morgan fingerprint density at radius 2 is 2.03 bits per heavy atom. The molecule has 2 saturated carbocycles. The van der Waals surface area contributed by atoms with Gasteiger partial charge >= 0.3 is 5.97 Å². The van der Waals surface area contributed by atoms with Crippen LogP contribution in [0.5, 0.6) is 11.6 Å². The number of para-hydroxylation sites is 1. The highest BCUT2D eigenvalue weighted by atomic mass is 16.5. The Hall–Kier alpha value is -3.62. The van der Waals surface area contributed by atoms with E-state index in [1.54, 1.807) is 18.0 Å². The number of nitrogens with zero attached hydrogens (tertiary/aromatic N) is 2. The average molecular weight is 536 g/mol. The van der Waals surface area contributed by atoms with Gasteiger partial charge in [-0.2, -0.15) is 0 Å². The summed E-state index contributed by atoms with van der Waals surface area (Å²) < 4.78 is 12.2. The van der Waals surface area contributed by atoms with Crippen LogP contribution in [-0.4, -0.2) is 64.6 Å². The van der Waals surface area contributed by atoms with Crippen molar-refractivity contribution >= 4 is 28.7 Å². The molecular formula is C30H37N3O6. The van der Waals surface area contributed by atoms with E-state index in [0.717, 1.165) is 35.7 Å². The van der Waals surface area contributed by atoms with Gasteiger partial charge in [-0.25, -0.2) is 9.78 Å². The zero-order valence-corrected chi connectivity index (χ0v) is 22.8. The highest BCUT2D eigenvalue weighted by Crippen LogP contribution is 2.46. The van der Waals surface area contributed by atoms with Crippen molar-refractivity contribution in [1.82, 2.24) is 15.2 Å². The second-order valence-electron chi connectivity index (χ2n) is 11.0. The number of amides is 2. The lowest BCUT2D eigenvalue weighted by molar-refractivity contribution is -0.145. The molecule has 0 saturated heterocycles. The Bertz CT molecular complexity index is 1310. The smallest absolute Gasteiger partial charge is 0.330 e. The second kappa shape index (κ2) is 10.9. The number of hydrogen-bond donors (Lipinski definition) is 2. The first-order valence-corrected chi connectivity index (χ1v) is 13.9. The first kappa shape index (κ1) is 27.0. The molecule has 0 radical (unpaired) electrons. The number of rotatable bonds is 5. The fourth-order valence-corrected chi connectivity index (χ4v) is 6.03. The molecular weight excluding hydrogens is 498 g/mol. The number of nitrogens with one attached hydrogen (secondary N) is 1. The highest BCUT2D eigenvalue weighted by Gasteiger charge is 2.61. The minimum Gasteiger partial charge on any atom is -0.489 e.